The van der Waals surface area contributed by atoms with E-state index in [0.717, 1.165) is 0 Å². The number of primary sulfonamides is 1. The number of ether oxygens (including phenoxy) is 1. The molecule has 24 heavy (non-hydrogen) atoms. The second-order valence-electron chi connectivity index (χ2n) is 4.56. The van der Waals surface area contributed by atoms with Gasteiger partial charge in [-0.15, -0.1) is 0 Å². The molecule has 0 radical (unpaired) electrons. The minimum absolute atomic E-state index is 0.0820. The molecule has 0 spiro atoms. The van der Waals surface area contributed by atoms with Gasteiger partial charge in [-0.25, -0.2) is 23.3 Å². The van der Waals surface area contributed by atoms with Crippen molar-refractivity contribution in [1.82, 2.24) is 4.98 Å². The molecule has 10 heteroatoms. The smallest absolute Gasteiger partial charge is 0.338 e. The molecule has 0 bridgehead atoms. The molecule has 0 aliphatic heterocycles. The van der Waals surface area contributed by atoms with Crippen LogP contribution in [0.4, 0.5) is 5.69 Å². The quantitative estimate of drug-likeness (QED) is 0.601. The Bertz CT molecular complexity index is 868. The highest BCUT2D eigenvalue weighted by atomic mass is 35.5. The molecule has 2 rings (SSSR count). The summed E-state index contributed by atoms with van der Waals surface area (Å²) in [7, 11) is -3.80. The summed E-state index contributed by atoms with van der Waals surface area (Å²) in [4.78, 5) is 27.1. The Morgan fingerprint density at radius 3 is 2.46 bits per heavy atom. The number of halogens is 1. The van der Waals surface area contributed by atoms with Crippen molar-refractivity contribution < 1.29 is 22.7 Å². The predicted octanol–water partition coefficient (Wildman–Crippen LogP) is 1.18. The number of benzene rings is 1. The Morgan fingerprint density at radius 1 is 1.21 bits per heavy atom. The summed E-state index contributed by atoms with van der Waals surface area (Å²) in [6.45, 7) is -0.518. The van der Waals surface area contributed by atoms with Crippen LogP contribution in [0, 0.1) is 0 Å². The van der Waals surface area contributed by atoms with Crippen LogP contribution in [0.3, 0.4) is 0 Å². The van der Waals surface area contributed by atoms with E-state index in [2.05, 4.69) is 10.3 Å². The number of esters is 1. The maximum atomic E-state index is 11.7. The van der Waals surface area contributed by atoms with Crippen molar-refractivity contribution in [1.29, 1.82) is 0 Å². The molecule has 3 N–H and O–H groups in total. The molecule has 1 amide bonds. The number of carbonyl (C=O) groups excluding carboxylic acids is 2. The van der Waals surface area contributed by atoms with Crippen molar-refractivity contribution in [3.8, 4) is 0 Å². The van der Waals surface area contributed by atoms with Crippen LogP contribution in [-0.4, -0.2) is 31.9 Å². The lowest BCUT2D eigenvalue weighted by molar-refractivity contribution is -0.119. The van der Waals surface area contributed by atoms with Crippen molar-refractivity contribution in [2.45, 2.75) is 4.90 Å². The summed E-state index contributed by atoms with van der Waals surface area (Å²) < 4.78 is 27.1. The number of nitrogens with two attached hydrogens (primary N) is 1. The first-order valence-corrected chi connectivity index (χ1v) is 8.39. The van der Waals surface area contributed by atoms with Crippen molar-refractivity contribution in [3.63, 3.8) is 0 Å². The molecular weight excluding hydrogens is 358 g/mol. The average molecular weight is 370 g/mol. The van der Waals surface area contributed by atoms with Gasteiger partial charge in [-0.1, -0.05) is 11.6 Å². The summed E-state index contributed by atoms with van der Waals surface area (Å²) in [5.41, 5.74) is 0.496. The first kappa shape index (κ1) is 17.9. The zero-order valence-electron chi connectivity index (χ0n) is 12.1. The van der Waals surface area contributed by atoms with Crippen LogP contribution in [0.1, 0.15) is 10.4 Å². The Balaban J connectivity index is 1.90. The van der Waals surface area contributed by atoms with Crippen LogP contribution in [0.2, 0.25) is 5.15 Å². The van der Waals surface area contributed by atoms with E-state index in [1.165, 1.54) is 42.6 Å². The molecule has 0 saturated carbocycles. The Kier molecular flexibility index (Phi) is 5.50. The van der Waals surface area contributed by atoms with Crippen LogP contribution < -0.4 is 10.5 Å². The second kappa shape index (κ2) is 7.39. The summed E-state index contributed by atoms with van der Waals surface area (Å²) in [6, 6.07) is 7.93. The third-order valence-electron chi connectivity index (χ3n) is 2.76. The molecule has 0 saturated heterocycles. The number of nitrogens with zero attached hydrogens (tertiary/aromatic N) is 1. The summed E-state index contributed by atoms with van der Waals surface area (Å²) in [5.74, 6) is -1.31. The molecular formula is C14H12ClN3O5S. The fourth-order valence-corrected chi connectivity index (χ4v) is 2.36. The van der Waals surface area contributed by atoms with Gasteiger partial charge in [-0.2, -0.15) is 0 Å². The maximum Gasteiger partial charge on any atom is 0.338 e. The van der Waals surface area contributed by atoms with Crippen molar-refractivity contribution in [2.24, 2.45) is 5.14 Å². The summed E-state index contributed by atoms with van der Waals surface area (Å²) in [6.07, 6.45) is 1.34. The average Bonchev–Trinajstić information content (AvgIpc) is 2.52. The third kappa shape index (κ3) is 5.01. The van der Waals surface area contributed by atoms with E-state index in [0.29, 0.717) is 5.69 Å². The predicted molar refractivity (Wildman–Crippen MR) is 86.0 cm³/mol. The number of anilines is 1. The monoisotopic (exact) mass is 369 g/mol. The van der Waals surface area contributed by atoms with Gasteiger partial charge >= 0.3 is 5.97 Å². The number of hydrogen-bond donors (Lipinski definition) is 2. The Labute approximate surface area is 142 Å². The number of carbonyl (C=O) groups is 2. The minimum atomic E-state index is -3.80. The van der Waals surface area contributed by atoms with E-state index in [1.54, 1.807) is 0 Å². The van der Waals surface area contributed by atoms with Gasteiger partial charge in [0.05, 0.1) is 10.5 Å². The molecule has 1 aromatic carbocycles. The second-order valence-corrected chi connectivity index (χ2v) is 6.51. The molecule has 0 fully saturated rings. The van der Waals surface area contributed by atoms with E-state index in [-0.39, 0.29) is 15.6 Å². The number of hydrogen-bond acceptors (Lipinski definition) is 6. The zero-order chi connectivity index (χ0) is 17.7. The van der Waals surface area contributed by atoms with Crippen LogP contribution in [0.15, 0.2) is 47.5 Å². The van der Waals surface area contributed by atoms with Crippen LogP contribution in [-0.2, 0) is 19.6 Å². The fourth-order valence-electron chi connectivity index (χ4n) is 1.67. The Morgan fingerprint density at radius 2 is 1.88 bits per heavy atom. The van der Waals surface area contributed by atoms with Crippen molar-refractivity contribution in [3.05, 3.63) is 53.3 Å². The van der Waals surface area contributed by atoms with Crippen LogP contribution >= 0.6 is 11.6 Å². The number of pyridine rings is 1. The SMILES string of the molecule is NS(=O)(=O)c1ccc(NC(=O)COC(=O)c2ccnc(Cl)c2)cc1. The lowest BCUT2D eigenvalue weighted by atomic mass is 10.3. The molecule has 126 valence electrons. The van der Waals surface area contributed by atoms with E-state index < -0.39 is 28.5 Å². The first-order valence-electron chi connectivity index (χ1n) is 6.47. The lowest BCUT2D eigenvalue weighted by Crippen LogP contribution is -2.21. The molecule has 2 aromatic rings. The van der Waals surface area contributed by atoms with E-state index in [4.69, 9.17) is 21.5 Å². The van der Waals surface area contributed by atoms with E-state index >= 15 is 0 Å². The van der Waals surface area contributed by atoms with Gasteiger partial charge in [0.2, 0.25) is 10.0 Å². The minimum Gasteiger partial charge on any atom is -0.452 e. The van der Waals surface area contributed by atoms with Gasteiger partial charge < -0.3 is 10.1 Å². The molecule has 1 heterocycles. The largest absolute Gasteiger partial charge is 0.452 e. The fraction of sp³-hybridized carbons (Fsp3) is 0.0714. The normalized spacial score (nSPS) is 10.9. The lowest BCUT2D eigenvalue weighted by Gasteiger charge is -2.07. The number of sulfonamides is 1. The van der Waals surface area contributed by atoms with Crippen LogP contribution in [0.25, 0.3) is 0 Å². The van der Waals surface area contributed by atoms with Crippen molar-refractivity contribution in [2.75, 3.05) is 11.9 Å². The standard InChI is InChI=1S/C14H12ClN3O5S/c15-12-7-9(5-6-17-12)14(20)23-8-13(19)18-10-1-3-11(4-2-10)24(16,21)22/h1-7H,8H2,(H,18,19)(H2,16,21,22). The van der Waals surface area contributed by atoms with Gasteiger partial charge in [0, 0.05) is 11.9 Å². The third-order valence-corrected chi connectivity index (χ3v) is 3.90. The van der Waals surface area contributed by atoms with Gasteiger partial charge in [0.1, 0.15) is 5.15 Å². The highest BCUT2D eigenvalue weighted by Crippen LogP contribution is 2.13. The maximum absolute atomic E-state index is 11.7. The topological polar surface area (TPSA) is 128 Å². The summed E-state index contributed by atoms with van der Waals surface area (Å²) >= 11 is 5.65. The van der Waals surface area contributed by atoms with Gasteiger partial charge in [0.15, 0.2) is 6.61 Å². The molecule has 0 atom stereocenters. The number of aromatic nitrogens is 1. The van der Waals surface area contributed by atoms with Crippen LogP contribution in [0.5, 0.6) is 0 Å². The number of amides is 1. The first-order chi connectivity index (χ1) is 11.3. The molecule has 1 aromatic heterocycles. The van der Waals surface area contributed by atoms with E-state index in [1.807, 2.05) is 0 Å². The molecule has 0 aliphatic rings. The molecule has 0 aliphatic carbocycles. The van der Waals surface area contributed by atoms with Gasteiger partial charge in [-0.3, -0.25) is 4.79 Å². The van der Waals surface area contributed by atoms with Gasteiger partial charge in [0.25, 0.3) is 5.91 Å². The van der Waals surface area contributed by atoms with E-state index in [9.17, 15) is 18.0 Å². The molecule has 8 nitrogen and oxygen atoms in total. The Hall–Kier alpha value is -2.49. The highest BCUT2D eigenvalue weighted by molar-refractivity contribution is 7.89. The summed E-state index contributed by atoms with van der Waals surface area (Å²) in [5, 5.41) is 7.55. The van der Waals surface area contributed by atoms with Crippen molar-refractivity contribution >= 4 is 39.2 Å². The molecule has 0 unspecified atom stereocenters. The highest BCUT2D eigenvalue weighted by Gasteiger charge is 2.12. The number of nitrogens with one attached hydrogen (secondary N) is 1. The zero-order valence-corrected chi connectivity index (χ0v) is 13.7. The number of rotatable bonds is 5. The van der Waals surface area contributed by atoms with Gasteiger partial charge in [-0.05, 0) is 36.4 Å².